The average Bonchev–Trinajstić information content (AvgIpc) is 2.74. The highest BCUT2D eigenvalue weighted by molar-refractivity contribution is 5.78. The van der Waals surface area contributed by atoms with Crippen LogP contribution in [0.15, 0.2) is 4.99 Å². The Morgan fingerprint density at radius 1 is 1.60 bits per heavy atom. The molecule has 0 atom stereocenters. The minimum atomic E-state index is -0.474. The SMILES string of the molecule is CCCCCOC(=O)N=CN1C[CH]CC1. The van der Waals surface area contributed by atoms with E-state index in [0.29, 0.717) is 6.61 Å². The molecule has 1 amide bonds. The van der Waals surface area contributed by atoms with Crippen LogP contribution in [-0.4, -0.2) is 37.0 Å². The predicted octanol–water partition coefficient (Wildman–Crippen LogP) is 2.25. The van der Waals surface area contributed by atoms with Crippen LogP contribution in [0.4, 0.5) is 4.79 Å². The molecule has 85 valence electrons. The summed E-state index contributed by atoms with van der Waals surface area (Å²) in [6, 6.07) is 0. The highest BCUT2D eigenvalue weighted by atomic mass is 16.5. The first kappa shape index (κ1) is 12.0. The summed E-state index contributed by atoms with van der Waals surface area (Å²) in [5.41, 5.74) is 0. The zero-order valence-electron chi connectivity index (χ0n) is 9.32. The molecule has 1 fully saturated rings. The van der Waals surface area contributed by atoms with Crippen LogP contribution in [0.25, 0.3) is 0 Å². The molecule has 0 unspecified atom stereocenters. The molecule has 0 spiro atoms. The smallest absolute Gasteiger partial charge is 0.434 e. The van der Waals surface area contributed by atoms with Crippen molar-refractivity contribution < 1.29 is 9.53 Å². The number of aliphatic imine (C=N–C) groups is 1. The Balaban J connectivity index is 2.06. The van der Waals surface area contributed by atoms with E-state index in [-0.39, 0.29) is 0 Å². The van der Waals surface area contributed by atoms with E-state index < -0.39 is 6.09 Å². The molecule has 1 rings (SSSR count). The van der Waals surface area contributed by atoms with Crippen LogP contribution in [0.3, 0.4) is 0 Å². The number of amides is 1. The molecule has 0 aromatic rings. The van der Waals surface area contributed by atoms with Crippen molar-refractivity contribution in [2.45, 2.75) is 32.6 Å². The van der Waals surface area contributed by atoms with Crippen molar-refractivity contribution in [3.8, 4) is 0 Å². The van der Waals surface area contributed by atoms with E-state index in [2.05, 4.69) is 18.3 Å². The number of carbonyl (C=O) groups is 1. The fourth-order valence-corrected chi connectivity index (χ4v) is 1.39. The molecule has 1 heterocycles. The maximum Gasteiger partial charge on any atom is 0.434 e. The zero-order valence-corrected chi connectivity index (χ0v) is 9.32. The van der Waals surface area contributed by atoms with E-state index in [9.17, 15) is 4.79 Å². The number of hydrogen-bond acceptors (Lipinski definition) is 2. The maximum atomic E-state index is 11.1. The third kappa shape index (κ3) is 5.40. The van der Waals surface area contributed by atoms with Crippen LogP contribution >= 0.6 is 0 Å². The van der Waals surface area contributed by atoms with Gasteiger partial charge in [0.05, 0.1) is 12.9 Å². The van der Waals surface area contributed by atoms with Gasteiger partial charge in [0, 0.05) is 13.1 Å². The second-order valence-electron chi connectivity index (χ2n) is 3.64. The lowest BCUT2D eigenvalue weighted by molar-refractivity contribution is 0.155. The van der Waals surface area contributed by atoms with Gasteiger partial charge in [-0.3, -0.25) is 0 Å². The summed E-state index contributed by atoms with van der Waals surface area (Å²) < 4.78 is 4.93. The van der Waals surface area contributed by atoms with Crippen molar-refractivity contribution in [2.75, 3.05) is 19.7 Å². The van der Waals surface area contributed by atoms with Crippen LogP contribution in [0, 0.1) is 6.42 Å². The predicted molar refractivity (Wildman–Crippen MR) is 59.9 cm³/mol. The van der Waals surface area contributed by atoms with E-state index in [0.717, 1.165) is 38.8 Å². The first-order chi connectivity index (χ1) is 7.33. The Labute approximate surface area is 91.3 Å². The molecule has 4 heteroatoms. The number of ether oxygens (including phenoxy) is 1. The van der Waals surface area contributed by atoms with E-state index in [4.69, 9.17) is 4.74 Å². The van der Waals surface area contributed by atoms with Crippen LogP contribution in [0.1, 0.15) is 32.6 Å². The summed E-state index contributed by atoms with van der Waals surface area (Å²) >= 11 is 0. The monoisotopic (exact) mass is 211 g/mol. The molecule has 1 aliphatic heterocycles. The normalized spacial score (nSPS) is 16.2. The van der Waals surface area contributed by atoms with Gasteiger partial charge in [-0.2, -0.15) is 4.99 Å². The second-order valence-corrected chi connectivity index (χ2v) is 3.64. The lowest BCUT2D eigenvalue weighted by Gasteiger charge is -2.08. The van der Waals surface area contributed by atoms with Crippen molar-refractivity contribution in [2.24, 2.45) is 4.99 Å². The molecule has 1 aliphatic rings. The van der Waals surface area contributed by atoms with Gasteiger partial charge in [0.2, 0.25) is 0 Å². The summed E-state index contributed by atoms with van der Waals surface area (Å²) in [6.07, 6.45) is 7.48. The average molecular weight is 211 g/mol. The molecule has 0 bridgehead atoms. The fraction of sp³-hybridized carbons (Fsp3) is 0.727. The minimum absolute atomic E-state index is 0.474. The van der Waals surface area contributed by atoms with Crippen molar-refractivity contribution in [1.82, 2.24) is 4.90 Å². The van der Waals surface area contributed by atoms with Crippen LogP contribution in [0.2, 0.25) is 0 Å². The molecule has 4 nitrogen and oxygen atoms in total. The lowest BCUT2D eigenvalue weighted by Crippen LogP contribution is -2.17. The summed E-state index contributed by atoms with van der Waals surface area (Å²) in [5, 5.41) is 0. The van der Waals surface area contributed by atoms with Gasteiger partial charge in [0.25, 0.3) is 0 Å². The van der Waals surface area contributed by atoms with Gasteiger partial charge in [0.15, 0.2) is 0 Å². The van der Waals surface area contributed by atoms with E-state index in [1.54, 1.807) is 6.34 Å². The number of rotatable bonds is 5. The van der Waals surface area contributed by atoms with Gasteiger partial charge < -0.3 is 9.64 Å². The number of hydrogen-bond donors (Lipinski definition) is 0. The quantitative estimate of drug-likeness (QED) is 0.398. The van der Waals surface area contributed by atoms with E-state index >= 15 is 0 Å². The standard InChI is InChI=1S/C11H19N2O2/c1-2-3-6-9-15-11(14)12-10-13-7-4-5-8-13/h4,10H,2-3,5-9H2,1H3. The fourth-order valence-electron chi connectivity index (χ4n) is 1.39. The third-order valence-electron chi connectivity index (χ3n) is 2.28. The molecule has 1 radical (unpaired) electrons. The Kier molecular flexibility index (Phi) is 5.81. The van der Waals surface area contributed by atoms with E-state index in [1.165, 1.54) is 0 Å². The van der Waals surface area contributed by atoms with Gasteiger partial charge in [0.1, 0.15) is 0 Å². The van der Waals surface area contributed by atoms with Crippen molar-refractivity contribution in [1.29, 1.82) is 0 Å². The van der Waals surface area contributed by atoms with Gasteiger partial charge in [-0.1, -0.05) is 19.8 Å². The largest absolute Gasteiger partial charge is 0.448 e. The number of unbranched alkanes of at least 4 members (excludes halogenated alkanes) is 2. The first-order valence-electron chi connectivity index (χ1n) is 5.59. The highest BCUT2D eigenvalue weighted by Crippen LogP contribution is 2.03. The Morgan fingerprint density at radius 3 is 3.13 bits per heavy atom. The molecule has 0 aromatic heterocycles. The molecule has 1 saturated heterocycles. The molecule has 0 saturated carbocycles. The van der Waals surface area contributed by atoms with Crippen LogP contribution in [-0.2, 0) is 4.74 Å². The van der Waals surface area contributed by atoms with Gasteiger partial charge in [-0.15, -0.1) is 0 Å². The number of nitrogens with zero attached hydrogens (tertiary/aromatic N) is 2. The Morgan fingerprint density at radius 2 is 2.47 bits per heavy atom. The summed E-state index contributed by atoms with van der Waals surface area (Å²) in [4.78, 5) is 16.8. The second kappa shape index (κ2) is 7.26. The summed E-state index contributed by atoms with van der Waals surface area (Å²) in [5.74, 6) is 0. The van der Waals surface area contributed by atoms with Gasteiger partial charge in [-0.05, 0) is 19.3 Å². The molecular weight excluding hydrogens is 192 g/mol. The minimum Gasteiger partial charge on any atom is -0.448 e. The Bertz CT molecular complexity index is 211. The summed E-state index contributed by atoms with van der Waals surface area (Å²) in [7, 11) is 0. The maximum absolute atomic E-state index is 11.1. The Hall–Kier alpha value is -1.06. The topological polar surface area (TPSA) is 41.9 Å². The van der Waals surface area contributed by atoms with Gasteiger partial charge >= 0.3 is 6.09 Å². The van der Waals surface area contributed by atoms with Crippen molar-refractivity contribution in [3.63, 3.8) is 0 Å². The molecule has 15 heavy (non-hydrogen) atoms. The number of carbonyl (C=O) groups excluding carboxylic acids is 1. The highest BCUT2D eigenvalue weighted by Gasteiger charge is 2.08. The molecule has 0 aliphatic carbocycles. The van der Waals surface area contributed by atoms with Crippen LogP contribution in [0.5, 0.6) is 0 Å². The van der Waals surface area contributed by atoms with Crippen molar-refractivity contribution in [3.05, 3.63) is 6.42 Å². The molecule has 0 N–H and O–H groups in total. The zero-order chi connectivity index (χ0) is 10.9. The first-order valence-corrected chi connectivity index (χ1v) is 5.59. The molecular formula is C11H19N2O2. The summed E-state index contributed by atoms with van der Waals surface area (Å²) in [6.45, 7) is 4.43. The molecule has 0 aromatic carbocycles. The third-order valence-corrected chi connectivity index (χ3v) is 2.28. The van der Waals surface area contributed by atoms with Gasteiger partial charge in [-0.25, -0.2) is 4.79 Å². The van der Waals surface area contributed by atoms with Crippen molar-refractivity contribution >= 4 is 12.4 Å². The van der Waals surface area contributed by atoms with Crippen LogP contribution < -0.4 is 0 Å². The lowest BCUT2D eigenvalue weighted by atomic mass is 10.3. The number of likely N-dealkylation sites (tertiary alicyclic amines) is 1. The van der Waals surface area contributed by atoms with E-state index in [1.807, 2.05) is 4.90 Å².